The molecule has 0 bridgehead atoms. The van der Waals surface area contributed by atoms with Crippen LogP contribution in [0.2, 0.25) is 0 Å². The fourth-order valence-corrected chi connectivity index (χ4v) is 3.41. The summed E-state index contributed by atoms with van der Waals surface area (Å²) in [5.41, 5.74) is 1.18. The Bertz CT molecular complexity index is 464. The Morgan fingerprint density at radius 2 is 2.21 bits per heavy atom. The molecule has 0 fully saturated rings. The molecule has 1 nitrogen and oxygen atoms in total. The summed E-state index contributed by atoms with van der Waals surface area (Å²) in [5, 5.41) is 11.0. The number of thiol groups is 1. The van der Waals surface area contributed by atoms with Crippen molar-refractivity contribution in [2.24, 2.45) is 0 Å². The van der Waals surface area contributed by atoms with Crippen LogP contribution in [0.15, 0.2) is 23.1 Å². The third-order valence-corrected chi connectivity index (χ3v) is 4.32. The van der Waals surface area contributed by atoms with E-state index in [2.05, 4.69) is 40.7 Å². The number of alkyl halides is 1. The summed E-state index contributed by atoms with van der Waals surface area (Å²) in [5.74, 6) is 0. The highest BCUT2D eigenvalue weighted by Crippen LogP contribution is 2.33. The SMILES string of the molecule is OCc1cc2c(S)c(CBr)ccc2s1. The first-order valence-corrected chi connectivity index (χ1v) is 6.55. The monoisotopic (exact) mass is 288 g/mol. The molecule has 74 valence electrons. The minimum atomic E-state index is 0.107. The average molecular weight is 289 g/mol. The summed E-state index contributed by atoms with van der Waals surface area (Å²) in [6.45, 7) is 0.107. The number of halogens is 1. The highest BCUT2D eigenvalue weighted by molar-refractivity contribution is 9.08. The molecule has 1 aromatic heterocycles. The van der Waals surface area contributed by atoms with Crippen molar-refractivity contribution in [2.75, 3.05) is 0 Å². The molecule has 0 atom stereocenters. The molecular weight excluding hydrogens is 280 g/mol. The number of hydrogen-bond donors (Lipinski definition) is 2. The van der Waals surface area contributed by atoms with E-state index in [4.69, 9.17) is 5.11 Å². The van der Waals surface area contributed by atoms with Crippen LogP contribution >= 0.6 is 39.9 Å². The van der Waals surface area contributed by atoms with Crippen molar-refractivity contribution in [3.63, 3.8) is 0 Å². The maximum absolute atomic E-state index is 9.03. The van der Waals surface area contributed by atoms with E-state index in [9.17, 15) is 0 Å². The minimum absolute atomic E-state index is 0.107. The molecule has 2 aromatic rings. The maximum Gasteiger partial charge on any atom is 0.0774 e. The third-order valence-electron chi connectivity index (χ3n) is 2.11. The van der Waals surface area contributed by atoms with Gasteiger partial charge in [0.05, 0.1) is 6.61 Å². The first kappa shape index (κ1) is 10.5. The van der Waals surface area contributed by atoms with Gasteiger partial charge in [0.25, 0.3) is 0 Å². The lowest BCUT2D eigenvalue weighted by Gasteiger charge is -2.01. The Balaban J connectivity index is 2.68. The van der Waals surface area contributed by atoms with Crippen LogP contribution in [0.25, 0.3) is 10.1 Å². The molecule has 0 amide bonds. The van der Waals surface area contributed by atoms with E-state index < -0.39 is 0 Å². The van der Waals surface area contributed by atoms with Gasteiger partial charge in [-0.05, 0) is 17.7 Å². The lowest BCUT2D eigenvalue weighted by molar-refractivity contribution is 0.285. The Kier molecular flexibility index (Phi) is 3.17. The van der Waals surface area contributed by atoms with Crippen LogP contribution in [0.1, 0.15) is 10.4 Å². The molecule has 0 saturated carbocycles. The lowest BCUT2D eigenvalue weighted by Crippen LogP contribution is -1.79. The molecule has 1 heterocycles. The van der Waals surface area contributed by atoms with Crippen molar-refractivity contribution in [1.29, 1.82) is 0 Å². The Morgan fingerprint density at radius 3 is 2.86 bits per heavy atom. The van der Waals surface area contributed by atoms with Gasteiger partial charge < -0.3 is 5.11 Å². The minimum Gasteiger partial charge on any atom is -0.391 e. The standard InChI is InChI=1S/C10H9BrOS2/c11-4-6-1-2-9-8(10(6)13)3-7(5-12)14-9/h1-3,12-13H,4-5H2. The fourth-order valence-electron chi connectivity index (χ4n) is 1.38. The van der Waals surface area contributed by atoms with Crippen molar-refractivity contribution in [3.8, 4) is 0 Å². The second kappa shape index (κ2) is 4.23. The molecular formula is C10H9BrOS2. The largest absolute Gasteiger partial charge is 0.391 e. The quantitative estimate of drug-likeness (QED) is 0.639. The summed E-state index contributed by atoms with van der Waals surface area (Å²) >= 11 is 9.53. The molecule has 1 aromatic carbocycles. The molecule has 2 rings (SSSR count). The first-order chi connectivity index (χ1) is 6.76. The van der Waals surface area contributed by atoms with Crippen LogP contribution < -0.4 is 0 Å². The van der Waals surface area contributed by atoms with Crippen molar-refractivity contribution in [2.45, 2.75) is 16.8 Å². The Labute approximate surface area is 100 Å². The number of aliphatic hydroxyl groups excluding tert-OH is 1. The van der Waals surface area contributed by atoms with Gasteiger partial charge in [-0.3, -0.25) is 0 Å². The summed E-state index contributed by atoms with van der Waals surface area (Å²) in [7, 11) is 0. The average Bonchev–Trinajstić information content (AvgIpc) is 2.62. The second-order valence-electron chi connectivity index (χ2n) is 2.99. The van der Waals surface area contributed by atoms with Gasteiger partial charge in [-0.25, -0.2) is 0 Å². The van der Waals surface area contributed by atoms with Crippen LogP contribution in [-0.4, -0.2) is 5.11 Å². The van der Waals surface area contributed by atoms with E-state index in [1.165, 1.54) is 10.3 Å². The smallest absolute Gasteiger partial charge is 0.0774 e. The number of aliphatic hydroxyl groups is 1. The normalized spacial score (nSPS) is 11.1. The molecule has 0 spiro atoms. The number of fused-ring (bicyclic) bond motifs is 1. The molecule has 0 aliphatic heterocycles. The molecule has 0 aliphatic rings. The highest BCUT2D eigenvalue weighted by atomic mass is 79.9. The molecule has 0 radical (unpaired) electrons. The zero-order valence-electron chi connectivity index (χ0n) is 7.33. The third kappa shape index (κ3) is 1.72. The predicted octanol–water partition coefficient (Wildman–Crippen LogP) is 3.58. The zero-order valence-corrected chi connectivity index (χ0v) is 10.6. The summed E-state index contributed by atoms with van der Waals surface area (Å²) < 4.78 is 1.18. The van der Waals surface area contributed by atoms with Crippen LogP contribution in [-0.2, 0) is 11.9 Å². The van der Waals surface area contributed by atoms with E-state index in [0.717, 1.165) is 20.5 Å². The van der Waals surface area contributed by atoms with E-state index in [-0.39, 0.29) is 6.61 Å². The van der Waals surface area contributed by atoms with Gasteiger partial charge in [-0.15, -0.1) is 24.0 Å². The summed E-state index contributed by atoms with van der Waals surface area (Å²) in [6.07, 6.45) is 0. The zero-order chi connectivity index (χ0) is 10.1. The van der Waals surface area contributed by atoms with Gasteiger partial charge in [0.2, 0.25) is 0 Å². The molecule has 14 heavy (non-hydrogen) atoms. The van der Waals surface area contributed by atoms with Gasteiger partial charge >= 0.3 is 0 Å². The van der Waals surface area contributed by atoms with Crippen LogP contribution in [0, 0.1) is 0 Å². The topological polar surface area (TPSA) is 20.2 Å². The molecule has 0 saturated heterocycles. The van der Waals surface area contributed by atoms with E-state index >= 15 is 0 Å². The van der Waals surface area contributed by atoms with E-state index in [1.54, 1.807) is 11.3 Å². The molecule has 0 aliphatic carbocycles. The Morgan fingerprint density at radius 1 is 1.43 bits per heavy atom. The van der Waals surface area contributed by atoms with Crippen molar-refractivity contribution in [3.05, 3.63) is 28.6 Å². The number of rotatable bonds is 2. The Hall–Kier alpha value is -0.0300. The van der Waals surface area contributed by atoms with E-state index in [0.29, 0.717) is 0 Å². The lowest BCUT2D eigenvalue weighted by atomic mass is 10.2. The van der Waals surface area contributed by atoms with Crippen LogP contribution in [0.3, 0.4) is 0 Å². The summed E-state index contributed by atoms with van der Waals surface area (Å²) in [4.78, 5) is 2.00. The maximum atomic E-state index is 9.03. The van der Waals surface area contributed by atoms with Gasteiger partial charge in [-0.2, -0.15) is 0 Å². The van der Waals surface area contributed by atoms with Gasteiger partial charge in [-0.1, -0.05) is 22.0 Å². The van der Waals surface area contributed by atoms with Gasteiger partial charge in [0.1, 0.15) is 0 Å². The molecule has 4 heteroatoms. The molecule has 1 N–H and O–H groups in total. The predicted molar refractivity (Wildman–Crippen MR) is 67.6 cm³/mol. The van der Waals surface area contributed by atoms with Crippen LogP contribution in [0.5, 0.6) is 0 Å². The van der Waals surface area contributed by atoms with Gasteiger partial charge in [0, 0.05) is 25.2 Å². The van der Waals surface area contributed by atoms with Crippen LogP contribution in [0.4, 0.5) is 0 Å². The van der Waals surface area contributed by atoms with Crippen molar-refractivity contribution in [1.82, 2.24) is 0 Å². The first-order valence-electron chi connectivity index (χ1n) is 4.16. The van der Waals surface area contributed by atoms with Crippen molar-refractivity contribution >= 4 is 50.0 Å². The number of thiophene rings is 1. The molecule has 0 unspecified atom stereocenters. The second-order valence-corrected chi connectivity index (χ2v) is 5.17. The van der Waals surface area contributed by atoms with Crippen molar-refractivity contribution < 1.29 is 5.11 Å². The highest BCUT2D eigenvalue weighted by Gasteiger charge is 2.06. The fraction of sp³-hybridized carbons (Fsp3) is 0.200. The number of benzene rings is 1. The summed E-state index contributed by atoms with van der Waals surface area (Å²) in [6, 6.07) is 6.15. The van der Waals surface area contributed by atoms with E-state index in [1.807, 2.05) is 6.07 Å². The van der Waals surface area contributed by atoms with Gasteiger partial charge in [0.15, 0.2) is 0 Å². The number of hydrogen-bond acceptors (Lipinski definition) is 3.